The zero-order chi connectivity index (χ0) is 29.7. The Hall–Kier alpha value is -3.52. The number of H-pyrrole nitrogens is 1. The van der Waals surface area contributed by atoms with Gasteiger partial charge in [-0.1, -0.05) is 76.6 Å². The Kier molecular flexibility index (Phi) is 9.64. The number of benzene rings is 2. The van der Waals surface area contributed by atoms with E-state index in [9.17, 15) is 29.4 Å². The molecule has 0 aliphatic carbocycles. The van der Waals surface area contributed by atoms with E-state index in [1.165, 1.54) is 17.3 Å². The molecule has 0 saturated carbocycles. The number of halogens is 1. The quantitative estimate of drug-likeness (QED) is 0.202. The molecule has 0 radical (unpaired) electrons. The van der Waals surface area contributed by atoms with Crippen LogP contribution in [0.2, 0.25) is 0 Å². The van der Waals surface area contributed by atoms with Crippen LogP contribution in [0.3, 0.4) is 0 Å². The molecule has 11 nitrogen and oxygen atoms in total. The monoisotopic (exact) mass is 626 g/mol. The Morgan fingerprint density at radius 2 is 1.61 bits per heavy atom. The molecular formula is C29H31BrN4O7. The number of aliphatic hydroxyl groups is 2. The highest BCUT2D eigenvalue weighted by Gasteiger charge is 2.58. The molecule has 3 aromatic rings. The van der Waals surface area contributed by atoms with Gasteiger partial charge in [0.1, 0.15) is 18.4 Å². The maximum Gasteiger partial charge on any atom is 0.330 e. The molecule has 6 atom stereocenters. The fourth-order valence-corrected chi connectivity index (χ4v) is 5.26. The minimum absolute atomic E-state index is 0.0652. The van der Waals surface area contributed by atoms with Crippen molar-refractivity contribution in [2.24, 2.45) is 11.5 Å². The van der Waals surface area contributed by atoms with Gasteiger partial charge >= 0.3 is 5.69 Å². The molecule has 1 unspecified atom stereocenters. The molecule has 2 heterocycles. The molecule has 1 saturated heterocycles. The fraction of sp³-hybridized carbons (Fsp3) is 0.310. The first-order valence-electron chi connectivity index (χ1n) is 12.9. The molecule has 12 heteroatoms. The van der Waals surface area contributed by atoms with Crippen molar-refractivity contribution in [3.63, 3.8) is 0 Å². The summed E-state index contributed by atoms with van der Waals surface area (Å²) >= 11 is 3.08. The molecule has 2 aromatic carbocycles. The number of nitrogens with one attached hydrogen (secondary N) is 1. The number of ether oxygens (including phenoxy) is 1. The summed E-state index contributed by atoms with van der Waals surface area (Å²) in [5.41, 5.74) is 9.88. The van der Waals surface area contributed by atoms with E-state index in [1.807, 2.05) is 0 Å². The van der Waals surface area contributed by atoms with Crippen LogP contribution in [0.25, 0.3) is 6.08 Å². The number of aromatic nitrogens is 2. The summed E-state index contributed by atoms with van der Waals surface area (Å²) in [6.45, 7) is 0. The van der Waals surface area contributed by atoms with Crippen LogP contribution in [0.1, 0.15) is 29.3 Å². The van der Waals surface area contributed by atoms with Gasteiger partial charge in [0.15, 0.2) is 17.2 Å². The molecule has 7 N–H and O–H groups in total. The lowest BCUT2D eigenvalue weighted by molar-refractivity contribution is -0.162. The lowest BCUT2D eigenvalue weighted by Gasteiger charge is -2.32. The van der Waals surface area contributed by atoms with E-state index in [2.05, 4.69) is 20.9 Å². The van der Waals surface area contributed by atoms with Gasteiger partial charge < -0.3 is 26.4 Å². The summed E-state index contributed by atoms with van der Waals surface area (Å²) in [6, 6.07) is 15.4. The average Bonchev–Trinajstić information content (AvgIpc) is 3.32. The molecule has 1 aliphatic heterocycles. The number of ketones is 2. The van der Waals surface area contributed by atoms with Gasteiger partial charge in [0.05, 0.1) is 17.6 Å². The predicted molar refractivity (Wildman–Crippen MR) is 155 cm³/mol. The highest BCUT2D eigenvalue weighted by atomic mass is 79.9. The highest BCUT2D eigenvalue weighted by Crippen LogP contribution is 2.40. The number of rotatable bonds is 11. The molecule has 1 aromatic heterocycles. The van der Waals surface area contributed by atoms with Crippen molar-refractivity contribution in [2.75, 3.05) is 0 Å². The van der Waals surface area contributed by atoms with Gasteiger partial charge in [-0.25, -0.2) is 4.79 Å². The largest absolute Gasteiger partial charge is 0.382 e. The zero-order valence-corrected chi connectivity index (χ0v) is 23.5. The van der Waals surface area contributed by atoms with Crippen LogP contribution in [0.4, 0.5) is 0 Å². The highest BCUT2D eigenvalue weighted by molar-refractivity contribution is 9.11. The normalized spacial score (nSPS) is 22.9. The second kappa shape index (κ2) is 13.0. The molecule has 1 aliphatic rings. The van der Waals surface area contributed by atoms with E-state index in [0.29, 0.717) is 0 Å². The summed E-state index contributed by atoms with van der Waals surface area (Å²) in [5.74, 6) is -1.74. The number of nitrogens with zero attached hydrogens (tertiary/aromatic N) is 1. The van der Waals surface area contributed by atoms with Gasteiger partial charge in [-0.3, -0.25) is 23.9 Å². The van der Waals surface area contributed by atoms with Gasteiger partial charge in [-0.2, -0.15) is 0 Å². The fourth-order valence-electron chi connectivity index (χ4n) is 4.97. The van der Waals surface area contributed by atoms with Crippen LogP contribution in [-0.2, 0) is 27.2 Å². The molecule has 4 rings (SSSR count). The second-order valence-electron chi connectivity index (χ2n) is 9.99. The van der Waals surface area contributed by atoms with E-state index < -0.39 is 65.4 Å². The maximum atomic E-state index is 13.7. The van der Waals surface area contributed by atoms with Crippen LogP contribution in [0.5, 0.6) is 0 Å². The third-order valence-electron chi connectivity index (χ3n) is 7.11. The number of nitrogens with two attached hydrogens (primary N) is 2. The predicted octanol–water partition coefficient (Wildman–Crippen LogP) is 0.560. The van der Waals surface area contributed by atoms with Gasteiger partial charge in [0.25, 0.3) is 5.56 Å². The Morgan fingerprint density at radius 3 is 2.17 bits per heavy atom. The topological polar surface area (TPSA) is 191 Å². The number of aromatic amines is 1. The molecule has 0 bridgehead atoms. The van der Waals surface area contributed by atoms with Gasteiger partial charge in [0.2, 0.25) is 0 Å². The molecule has 216 valence electrons. The van der Waals surface area contributed by atoms with Crippen molar-refractivity contribution in [1.29, 1.82) is 0 Å². The Bertz CT molecular complexity index is 1530. The first-order valence-corrected chi connectivity index (χ1v) is 13.8. The third kappa shape index (κ3) is 6.70. The summed E-state index contributed by atoms with van der Waals surface area (Å²) in [6.07, 6.45) is -2.96. The first kappa shape index (κ1) is 30.4. The van der Waals surface area contributed by atoms with Crippen molar-refractivity contribution < 1.29 is 24.5 Å². The van der Waals surface area contributed by atoms with Gasteiger partial charge in [-0.15, -0.1) is 0 Å². The smallest absolute Gasteiger partial charge is 0.330 e. The summed E-state index contributed by atoms with van der Waals surface area (Å²) in [7, 11) is 0. The van der Waals surface area contributed by atoms with Crippen molar-refractivity contribution >= 4 is 33.6 Å². The van der Waals surface area contributed by atoms with E-state index in [-0.39, 0.29) is 18.4 Å². The lowest BCUT2D eigenvalue weighted by atomic mass is 9.80. The number of hydrogen-bond acceptors (Lipinski definition) is 9. The standard InChI is InChI=1S/C29H31BrN4O7/c30-12-11-19-16-34(28(39)33-27(19)38)22-15-29(40,25(37)21(32)14-18-9-5-2-6-10-18)26(41-22)24(36)23(35)20(31)13-17-7-3-1-4-8-17/h1-12,16,20-22,24,26,36,40H,13-15,31-32H2,(H,33,38,39)/b12-11+/t20-,21-,22-,24?,26-,29-/m1/s1. The summed E-state index contributed by atoms with van der Waals surface area (Å²) < 4.78 is 6.85. The van der Waals surface area contributed by atoms with Crippen LogP contribution in [0.15, 0.2) is 81.4 Å². The van der Waals surface area contributed by atoms with Crippen molar-refractivity contribution in [3.8, 4) is 0 Å². The maximum absolute atomic E-state index is 13.7. The van der Waals surface area contributed by atoms with Crippen LogP contribution in [0, 0.1) is 0 Å². The number of hydrogen-bond donors (Lipinski definition) is 5. The van der Waals surface area contributed by atoms with Gasteiger partial charge in [0, 0.05) is 12.6 Å². The number of carbonyl (C=O) groups is 2. The van der Waals surface area contributed by atoms with E-state index in [0.717, 1.165) is 15.7 Å². The van der Waals surface area contributed by atoms with Crippen LogP contribution in [-0.4, -0.2) is 61.2 Å². The molecule has 0 spiro atoms. The third-order valence-corrected chi connectivity index (χ3v) is 7.38. The Balaban J connectivity index is 1.67. The lowest BCUT2D eigenvalue weighted by Crippen LogP contribution is -2.60. The number of Topliss-reactive ketones (excluding diaryl/α,β-unsaturated/α-hetero) is 2. The second-order valence-corrected chi connectivity index (χ2v) is 10.5. The molecule has 1 fully saturated rings. The first-order chi connectivity index (χ1) is 19.5. The minimum Gasteiger partial charge on any atom is -0.382 e. The number of carbonyl (C=O) groups excluding carboxylic acids is 2. The van der Waals surface area contributed by atoms with Crippen molar-refractivity contribution in [2.45, 2.75) is 55.4 Å². The number of aliphatic hydroxyl groups excluding tert-OH is 1. The SMILES string of the molecule is N[C@H](Cc1ccccc1)C(=O)C(O)[C@H]1O[C@@H](n2cc(/C=C/Br)c(=O)[nH]c2=O)C[C@@]1(O)C(=O)[C@H](N)Cc1ccccc1. The summed E-state index contributed by atoms with van der Waals surface area (Å²) in [4.78, 5) is 55.4. The Morgan fingerprint density at radius 1 is 1.05 bits per heavy atom. The Labute approximate surface area is 243 Å². The zero-order valence-electron chi connectivity index (χ0n) is 21.9. The van der Waals surface area contributed by atoms with E-state index in [4.69, 9.17) is 16.2 Å². The summed E-state index contributed by atoms with van der Waals surface area (Å²) in [5, 5.41) is 23.0. The van der Waals surface area contributed by atoms with E-state index in [1.54, 1.807) is 60.7 Å². The van der Waals surface area contributed by atoms with Crippen LogP contribution >= 0.6 is 15.9 Å². The van der Waals surface area contributed by atoms with Gasteiger partial charge in [-0.05, 0) is 35.0 Å². The molecule has 0 amide bonds. The van der Waals surface area contributed by atoms with E-state index >= 15 is 0 Å². The average molecular weight is 627 g/mol. The van der Waals surface area contributed by atoms with Crippen LogP contribution < -0.4 is 22.7 Å². The van der Waals surface area contributed by atoms with Crippen molar-refractivity contribution in [3.05, 3.63) is 109 Å². The van der Waals surface area contributed by atoms with Crippen molar-refractivity contribution in [1.82, 2.24) is 9.55 Å². The molecular weight excluding hydrogens is 596 g/mol. The molecule has 41 heavy (non-hydrogen) atoms. The minimum atomic E-state index is -2.47.